The highest BCUT2D eigenvalue weighted by Crippen LogP contribution is 2.30. The number of anilines is 1. The number of hydrogen-bond donors (Lipinski definition) is 4. The van der Waals surface area contributed by atoms with E-state index in [1.807, 2.05) is 52.0 Å². The normalized spacial score (nSPS) is 17.2. The van der Waals surface area contributed by atoms with Gasteiger partial charge in [0.05, 0.1) is 18.2 Å². The molecule has 0 bridgehead atoms. The summed E-state index contributed by atoms with van der Waals surface area (Å²) in [4.78, 5) is 50.5. The predicted octanol–water partition coefficient (Wildman–Crippen LogP) is 4.81. The van der Waals surface area contributed by atoms with Gasteiger partial charge in [0.2, 0.25) is 17.7 Å². The standard InChI is InChI=1S/C36H54N6O4/c1-5-26(4)34(37)36(46)42(21-20-40-32-15-9-10-19-39-32)35(45)29(25(2)3)23-31(43)30(22-27-12-7-6-8-13-27)41-33(44)17-16-28-14-11-18-38-24-28/h9-11,14-19,24-27,29-31,34,43H,5-8,12-13,20-23,37H2,1-4H3,(H,39,40)(H,41,44)/b17-16+/t26?,29-,30-,31-,34-/m0/s1. The number of carbonyl (C=O) groups excluding carboxylic acids is 3. The van der Waals surface area contributed by atoms with Crippen LogP contribution in [0.2, 0.25) is 0 Å². The Morgan fingerprint density at radius 3 is 2.46 bits per heavy atom. The van der Waals surface area contributed by atoms with Crippen molar-refractivity contribution in [2.45, 2.75) is 97.2 Å². The largest absolute Gasteiger partial charge is 0.391 e. The summed E-state index contributed by atoms with van der Waals surface area (Å²) in [5, 5.41) is 17.9. The van der Waals surface area contributed by atoms with E-state index in [2.05, 4.69) is 20.6 Å². The number of pyridine rings is 2. The van der Waals surface area contributed by atoms with Crippen molar-refractivity contribution in [3.8, 4) is 0 Å². The summed E-state index contributed by atoms with van der Waals surface area (Å²) < 4.78 is 0. The Kier molecular flexibility index (Phi) is 15.3. The quantitative estimate of drug-likeness (QED) is 0.181. The molecule has 0 radical (unpaired) electrons. The molecule has 0 saturated heterocycles. The van der Waals surface area contributed by atoms with Crippen LogP contribution in [0.15, 0.2) is 55.0 Å². The zero-order chi connectivity index (χ0) is 33.5. The number of nitrogens with two attached hydrogens (primary N) is 1. The van der Waals surface area contributed by atoms with E-state index in [-0.39, 0.29) is 36.6 Å². The van der Waals surface area contributed by atoms with Crippen LogP contribution in [-0.2, 0) is 14.4 Å². The number of carbonyl (C=O) groups is 3. The molecular weight excluding hydrogens is 580 g/mol. The third-order valence-electron chi connectivity index (χ3n) is 9.21. The average Bonchev–Trinajstić information content (AvgIpc) is 3.07. The van der Waals surface area contributed by atoms with Crippen LogP contribution in [0.4, 0.5) is 5.82 Å². The molecule has 252 valence electrons. The van der Waals surface area contributed by atoms with Crippen LogP contribution in [0.5, 0.6) is 0 Å². The Hall–Kier alpha value is -3.63. The Bertz CT molecular complexity index is 1240. The number of hydrogen-bond acceptors (Lipinski definition) is 8. The van der Waals surface area contributed by atoms with Crippen molar-refractivity contribution < 1.29 is 19.5 Å². The number of aliphatic hydroxyl groups is 1. The van der Waals surface area contributed by atoms with Gasteiger partial charge in [-0.3, -0.25) is 24.3 Å². The molecule has 10 nitrogen and oxygen atoms in total. The number of amides is 3. The molecule has 1 fully saturated rings. The lowest BCUT2D eigenvalue weighted by Gasteiger charge is -2.34. The molecule has 2 aromatic rings. The summed E-state index contributed by atoms with van der Waals surface area (Å²) in [6.07, 6.45) is 14.2. The monoisotopic (exact) mass is 634 g/mol. The maximum absolute atomic E-state index is 14.2. The van der Waals surface area contributed by atoms with Crippen molar-refractivity contribution in [3.63, 3.8) is 0 Å². The third-order valence-corrected chi connectivity index (χ3v) is 9.21. The number of aromatic nitrogens is 2. The van der Waals surface area contributed by atoms with Crippen molar-refractivity contribution in [3.05, 3.63) is 60.6 Å². The molecule has 2 heterocycles. The second kappa shape index (κ2) is 19.1. The van der Waals surface area contributed by atoms with Crippen molar-refractivity contribution in [2.24, 2.45) is 29.4 Å². The minimum absolute atomic E-state index is 0.107. The van der Waals surface area contributed by atoms with Gasteiger partial charge in [-0.15, -0.1) is 0 Å². The van der Waals surface area contributed by atoms with E-state index in [1.165, 1.54) is 17.4 Å². The molecular formula is C36H54N6O4. The fourth-order valence-electron chi connectivity index (χ4n) is 6.02. The van der Waals surface area contributed by atoms with Gasteiger partial charge in [-0.05, 0) is 60.4 Å². The number of nitrogens with one attached hydrogen (secondary N) is 2. The second-order valence-corrected chi connectivity index (χ2v) is 13.0. The fraction of sp³-hybridized carbons (Fsp3) is 0.583. The molecule has 1 aliphatic carbocycles. The van der Waals surface area contributed by atoms with Gasteiger partial charge in [0.15, 0.2) is 0 Å². The highest BCUT2D eigenvalue weighted by atomic mass is 16.3. The molecule has 0 aliphatic heterocycles. The summed E-state index contributed by atoms with van der Waals surface area (Å²) in [6, 6.07) is 7.78. The Morgan fingerprint density at radius 1 is 1.07 bits per heavy atom. The molecule has 2 aromatic heterocycles. The average molecular weight is 635 g/mol. The Labute approximate surface area is 274 Å². The fourth-order valence-corrected chi connectivity index (χ4v) is 6.02. The van der Waals surface area contributed by atoms with E-state index in [9.17, 15) is 19.5 Å². The molecule has 0 spiro atoms. The summed E-state index contributed by atoms with van der Waals surface area (Å²) in [5.74, 6) is -1.00. The minimum Gasteiger partial charge on any atom is -0.391 e. The lowest BCUT2D eigenvalue weighted by atomic mass is 9.81. The van der Waals surface area contributed by atoms with Gasteiger partial charge in [-0.2, -0.15) is 0 Å². The van der Waals surface area contributed by atoms with Gasteiger partial charge in [0.25, 0.3) is 0 Å². The third kappa shape index (κ3) is 11.6. The molecule has 3 rings (SSSR count). The van der Waals surface area contributed by atoms with E-state index >= 15 is 0 Å². The lowest BCUT2D eigenvalue weighted by molar-refractivity contribution is -0.150. The van der Waals surface area contributed by atoms with Gasteiger partial charge in [0.1, 0.15) is 5.82 Å². The van der Waals surface area contributed by atoms with Crippen molar-refractivity contribution in [2.75, 3.05) is 18.4 Å². The maximum Gasteiger partial charge on any atom is 0.246 e. The van der Waals surface area contributed by atoms with Crippen LogP contribution < -0.4 is 16.4 Å². The highest BCUT2D eigenvalue weighted by molar-refractivity contribution is 5.99. The van der Waals surface area contributed by atoms with E-state index in [0.29, 0.717) is 31.1 Å². The van der Waals surface area contributed by atoms with E-state index in [4.69, 9.17) is 5.73 Å². The van der Waals surface area contributed by atoms with Crippen LogP contribution >= 0.6 is 0 Å². The number of imide groups is 1. The molecule has 1 unspecified atom stereocenters. The molecule has 5 atom stereocenters. The molecule has 1 aliphatic rings. The molecule has 5 N–H and O–H groups in total. The number of rotatable bonds is 17. The van der Waals surface area contributed by atoms with Gasteiger partial charge in [-0.25, -0.2) is 4.98 Å². The molecule has 1 saturated carbocycles. The van der Waals surface area contributed by atoms with Crippen LogP contribution in [0.25, 0.3) is 6.08 Å². The summed E-state index contributed by atoms with van der Waals surface area (Å²) in [5.41, 5.74) is 7.16. The SMILES string of the molecule is CCC(C)[C@H](N)C(=O)N(CCNc1ccccn1)C(=O)[C@@H](C[C@H](O)[C@H](CC1CCCCC1)NC(=O)/C=C/c1cccnc1)C(C)C. The van der Waals surface area contributed by atoms with Crippen LogP contribution in [0.3, 0.4) is 0 Å². The Balaban J connectivity index is 1.79. The van der Waals surface area contributed by atoms with Gasteiger partial charge in [-0.1, -0.05) is 78.4 Å². The van der Waals surface area contributed by atoms with Crippen molar-refractivity contribution >= 4 is 29.6 Å². The summed E-state index contributed by atoms with van der Waals surface area (Å²) in [7, 11) is 0. The van der Waals surface area contributed by atoms with Crippen LogP contribution in [0, 0.1) is 23.7 Å². The summed E-state index contributed by atoms with van der Waals surface area (Å²) in [6.45, 7) is 8.13. The van der Waals surface area contributed by atoms with Crippen LogP contribution in [0.1, 0.15) is 84.6 Å². The number of aliphatic hydroxyl groups excluding tert-OH is 1. The second-order valence-electron chi connectivity index (χ2n) is 13.0. The van der Waals surface area contributed by atoms with Gasteiger partial charge < -0.3 is 21.5 Å². The predicted molar refractivity (Wildman–Crippen MR) is 182 cm³/mol. The number of nitrogens with zero attached hydrogens (tertiary/aromatic N) is 3. The highest BCUT2D eigenvalue weighted by Gasteiger charge is 2.37. The van der Waals surface area contributed by atoms with Crippen LogP contribution in [-0.4, -0.2) is 69.0 Å². The molecule has 0 aromatic carbocycles. The topological polar surface area (TPSA) is 151 Å². The zero-order valence-electron chi connectivity index (χ0n) is 28.0. The zero-order valence-corrected chi connectivity index (χ0v) is 28.0. The van der Waals surface area contributed by atoms with Gasteiger partial charge >= 0.3 is 0 Å². The lowest BCUT2D eigenvalue weighted by Crippen LogP contribution is -2.54. The van der Waals surface area contributed by atoms with E-state index in [1.54, 1.807) is 30.7 Å². The van der Waals surface area contributed by atoms with Crippen molar-refractivity contribution in [1.82, 2.24) is 20.2 Å². The first-order valence-electron chi connectivity index (χ1n) is 16.9. The first kappa shape index (κ1) is 36.8. The first-order chi connectivity index (χ1) is 22.1. The van der Waals surface area contributed by atoms with E-state index in [0.717, 1.165) is 31.2 Å². The van der Waals surface area contributed by atoms with Gasteiger partial charge in [0, 0.05) is 43.7 Å². The maximum atomic E-state index is 14.2. The molecule has 46 heavy (non-hydrogen) atoms. The Morgan fingerprint density at radius 2 is 1.83 bits per heavy atom. The molecule has 10 heteroatoms. The van der Waals surface area contributed by atoms with E-state index < -0.39 is 30.0 Å². The summed E-state index contributed by atoms with van der Waals surface area (Å²) >= 11 is 0. The molecule has 3 amide bonds. The van der Waals surface area contributed by atoms with Crippen molar-refractivity contribution in [1.29, 1.82) is 0 Å². The smallest absolute Gasteiger partial charge is 0.246 e. The first-order valence-corrected chi connectivity index (χ1v) is 16.9. The minimum atomic E-state index is -0.985.